The smallest absolute Gasteiger partial charge is 0.232 e. The van der Waals surface area contributed by atoms with Crippen molar-refractivity contribution in [2.24, 2.45) is 0 Å². The van der Waals surface area contributed by atoms with Gasteiger partial charge in [-0.1, -0.05) is 24.3 Å². The monoisotopic (exact) mass is 329 g/mol. The van der Waals surface area contributed by atoms with E-state index >= 15 is 0 Å². The second kappa shape index (κ2) is 7.03. The summed E-state index contributed by atoms with van der Waals surface area (Å²) >= 11 is 0. The molecule has 1 aromatic carbocycles. The fourth-order valence-corrected chi connectivity index (χ4v) is 3.33. The van der Waals surface area contributed by atoms with Gasteiger partial charge >= 0.3 is 0 Å². The molecule has 1 saturated heterocycles. The number of carbonyl (C=O) groups excluding carboxylic acids is 3. The first-order valence-corrected chi connectivity index (χ1v) is 8.42. The minimum atomic E-state index is -0.137. The van der Waals surface area contributed by atoms with E-state index in [2.05, 4.69) is 6.07 Å². The molecule has 2 heterocycles. The predicted octanol–water partition coefficient (Wildman–Crippen LogP) is 0.652. The Bertz CT molecular complexity index is 651. The van der Waals surface area contributed by atoms with Crippen LogP contribution >= 0.6 is 0 Å². The van der Waals surface area contributed by atoms with Gasteiger partial charge < -0.3 is 14.7 Å². The summed E-state index contributed by atoms with van der Waals surface area (Å²) in [6, 6.07) is 8.13. The van der Waals surface area contributed by atoms with E-state index in [1.54, 1.807) is 14.7 Å². The Hall–Kier alpha value is -2.37. The maximum Gasteiger partial charge on any atom is 0.232 e. The average molecular weight is 329 g/mol. The van der Waals surface area contributed by atoms with E-state index in [1.165, 1.54) is 18.1 Å². The number of rotatable bonds is 2. The van der Waals surface area contributed by atoms with Gasteiger partial charge in [-0.05, 0) is 17.5 Å². The van der Waals surface area contributed by atoms with Crippen LogP contribution in [0.5, 0.6) is 0 Å². The predicted molar refractivity (Wildman–Crippen MR) is 89.0 cm³/mol. The molecule has 2 aliphatic heterocycles. The van der Waals surface area contributed by atoms with Gasteiger partial charge in [0.25, 0.3) is 0 Å². The molecule has 0 aliphatic carbocycles. The van der Waals surface area contributed by atoms with Crippen molar-refractivity contribution in [1.82, 2.24) is 14.7 Å². The van der Waals surface area contributed by atoms with Gasteiger partial charge in [-0.3, -0.25) is 14.4 Å². The molecule has 3 rings (SSSR count). The molecule has 3 amide bonds. The fourth-order valence-electron chi connectivity index (χ4n) is 3.33. The molecular weight excluding hydrogens is 306 g/mol. The molecule has 128 valence electrons. The highest BCUT2D eigenvalue weighted by molar-refractivity contribution is 5.97. The molecule has 0 aromatic heterocycles. The van der Waals surface area contributed by atoms with Gasteiger partial charge in [0.2, 0.25) is 17.7 Å². The number of piperazine rings is 1. The lowest BCUT2D eigenvalue weighted by Gasteiger charge is -2.35. The van der Waals surface area contributed by atoms with Gasteiger partial charge in [0.1, 0.15) is 6.42 Å². The minimum Gasteiger partial charge on any atom is -0.339 e. The zero-order chi connectivity index (χ0) is 17.1. The van der Waals surface area contributed by atoms with Crippen LogP contribution in [0.1, 0.15) is 24.5 Å². The third kappa shape index (κ3) is 3.58. The third-order valence-electron chi connectivity index (χ3n) is 4.86. The standard InChI is InChI=1S/C18H23N3O3/c1-14(22)19-8-10-20(11-9-19)17(23)12-18(24)21-7-6-15-4-2-3-5-16(15)13-21/h2-5H,6-13H2,1H3. The fraction of sp³-hybridized carbons (Fsp3) is 0.500. The number of fused-ring (bicyclic) bond motifs is 1. The Morgan fingerprint density at radius 1 is 0.833 bits per heavy atom. The highest BCUT2D eigenvalue weighted by Gasteiger charge is 2.27. The van der Waals surface area contributed by atoms with E-state index in [0.29, 0.717) is 39.3 Å². The summed E-state index contributed by atoms with van der Waals surface area (Å²) in [6.45, 7) is 4.90. The first-order valence-electron chi connectivity index (χ1n) is 8.42. The molecular formula is C18H23N3O3. The highest BCUT2D eigenvalue weighted by Crippen LogP contribution is 2.19. The summed E-state index contributed by atoms with van der Waals surface area (Å²) in [6.07, 6.45) is 0.760. The van der Waals surface area contributed by atoms with Crippen molar-refractivity contribution in [2.45, 2.75) is 26.3 Å². The number of hydrogen-bond donors (Lipinski definition) is 0. The van der Waals surface area contributed by atoms with Crippen molar-refractivity contribution >= 4 is 17.7 Å². The summed E-state index contributed by atoms with van der Waals surface area (Å²) < 4.78 is 0. The maximum absolute atomic E-state index is 12.4. The molecule has 0 saturated carbocycles. The number of benzene rings is 1. The summed E-state index contributed by atoms with van der Waals surface area (Å²) in [4.78, 5) is 41.3. The minimum absolute atomic E-state index is 0.0326. The van der Waals surface area contributed by atoms with Crippen molar-refractivity contribution in [1.29, 1.82) is 0 Å². The third-order valence-corrected chi connectivity index (χ3v) is 4.86. The molecule has 0 atom stereocenters. The van der Waals surface area contributed by atoms with Crippen LogP contribution in [-0.4, -0.2) is 65.1 Å². The topological polar surface area (TPSA) is 60.9 Å². The van der Waals surface area contributed by atoms with E-state index in [1.807, 2.05) is 18.2 Å². The number of hydrogen-bond acceptors (Lipinski definition) is 3. The first kappa shape index (κ1) is 16.5. The van der Waals surface area contributed by atoms with E-state index in [9.17, 15) is 14.4 Å². The average Bonchev–Trinajstić information content (AvgIpc) is 2.61. The molecule has 2 aliphatic rings. The van der Waals surface area contributed by atoms with Crippen molar-refractivity contribution in [2.75, 3.05) is 32.7 Å². The van der Waals surface area contributed by atoms with Gasteiger partial charge in [0, 0.05) is 46.2 Å². The van der Waals surface area contributed by atoms with Crippen molar-refractivity contribution in [3.05, 3.63) is 35.4 Å². The van der Waals surface area contributed by atoms with Gasteiger partial charge in [0.15, 0.2) is 0 Å². The van der Waals surface area contributed by atoms with Crippen LogP contribution in [0.2, 0.25) is 0 Å². The summed E-state index contributed by atoms with van der Waals surface area (Å²) in [5.74, 6) is -0.212. The molecule has 0 radical (unpaired) electrons. The van der Waals surface area contributed by atoms with Crippen LogP contribution in [0, 0.1) is 0 Å². The number of amides is 3. The lowest BCUT2D eigenvalue weighted by atomic mass is 10.00. The Morgan fingerprint density at radius 3 is 2.08 bits per heavy atom. The van der Waals surface area contributed by atoms with Crippen molar-refractivity contribution < 1.29 is 14.4 Å². The Labute approximate surface area is 142 Å². The molecule has 0 bridgehead atoms. The van der Waals surface area contributed by atoms with Gasteiger partial charge in [0.05, 0.1) is 0 Å². The summed E-state index contributed by atoms with van der Waals surface area (Å²) in [5.41, 5.74) is 2.45. The van der Waals surface area contributed by atoms with Gasteiger partial charge in [-0.2, -0.15) is 0 Å². The van der Waals surface area contributed by atoms with Crippen LogP contribution in [0.25, 0.3) is 0 Å². The van der Waals surface area contributed by atoms with E-state index in [4.69, 9.17) is 0 Å². The van der Waals surface area contributed by atoms with Crippen molar-refractivity contribution in [3.63, 3.8) is 0 Å². The van der Waals surface area contributed by atoms with Gasteiger partial charge in [-0.15, -0.1) is 0 Å². The van der Waals surface area contributed by atoms with Crippen LogP contribution in [-0.2, 0) is 27.3 Å². The van der Waals surface area contributed by atoms with Crippen LogP contribution < -0.4 is 0 Å². The zero-order valence-electron chi connectivity index (χ0n) is 14.0. The number of nitrogens with zero attached hydrogens (tertiary/aromatic N) is 3. The van der Waals surface area contributed by atoms with Gasteiger partial charge in [-0.25, -0.2) is 0 Å². The molecule has 1 fully saturated rings. The lowest BCUT2D eigenvalue weighted by molar-refractivity contribution is -0.144. The Morgan fingerprint density at radius 2 is 1.42 bits per heavy atom. The van der Waals surface area contributed by atoms with E-state index in [0.717, 1.165) is 6.42 Å². The SMILES string of the molecule is CC(=O)N1CCN(C(=O)CC(=O)N2CCc3ccccc3C2)CC1. The van der Waals surface area contributed by atoms with Crippen LogP contribution in [0.15, 0.2) is 24.3 Å². The molecule has 6 heteroatoms. The van der Waals surface area contributed by atoms with Crippen LogP contribution in [0.4, 0.5) is 0 Å². The van der Waals surface area contributed by atoms with E-state index < -0.39 is 0 Å². The lowest BCUT2D eigenvalue weighted by Crippen LogP contribution is -2.51. The molecule has 6 nitrogen and oxygen atoms in total. The summed E-state index contributed by atoms with van der Waals surface area (Å²) in [5, 5.41) is 0. The zero-order valence-corrected chi connectivity index (χ0v) is 14.0. The Balaban J connectivity index is 1.52. The number of carbonyl (C=O) groups is 3. The molecule has 1 aromatic rings. The van der Waals surface area contributed by atoms with Crippen LogP contribution in [0.3, 0.4) is 0 Å². The highest BCUT2D eigenvalue weighted by atomic mass is 16.2. The summed E-state index contributed by atoms with van der Waals surface area (Å²) in [7, 11) is 0. The molecule has 24 heavy (non-hydrogen) atoms. The normalized spacial score (nSPS) is 17.5. The quantitative estimate of drug-likeness (QED) is 0.749. The molecule has 0 N–H and O–H groups in total. The first-order chi connectivity index (χ1) is 11.5. The molecule has 0 unspecified atom stereocenters. The second-order valence-electron chi connectivity index (χ2n) is 6.40. The maximum atomic E-state index is 12.4. The second-order valence-corrected chi connectivity index (χ2v) is 6.40. The Kier molecular flexibility index (Phi) is 4.83. The van der Waals surface area contributed by atoms with E-state index in [-0.39, 0.29) is 24.1 Å². The molecule has 0 spiro atoms. The van der Waals surface area contributed by atoms with Crippen molar-refractivity contribution in [3.8, 4) is 0 Å². The largest absolute Gasteiger partial charge is 0.339 e.